The van der Waals surface area contributed by atoms with E-state index in [0.29, 0.717) is 45.6 Å². The van der Waals surface area contributed by atoms with Gasteiger partial charge < -0.3 is 11.1 Å². The molecule has 0 spiro atoms. The van der Waals surface area contributed by atoms with E-state index in [1.54, 1.807) is 4.90 Å². The Bertz CT molecular complexity index is 1460. The fourth-order valence-electron chi connectivity index (χ4n) is 4.49. The van der Waals surface area contributed by atoms with Crippen LogP contribution in [0.25, 0.3) is 0 Å². The number of hydrogen-bond donors (Lipinski definition) is 2. The third kappa shape index (κ3) is 4.98. The Morgan fingerprint density at radius 2 is 1.95 bits per heavy atom. The molecule has 37 heavy (non-hydrogen) atoms. The number of hydrogen-bond acceptors (Lipinski definition) is 9. The Labute approximate surface area is 220 Å². The van der Waals surface area contributed by atoms with Gasteiger partial charge in [-0.25, -0.2) is 4.39 Å². The normalized spacial score (nSPS) is 17.5. The molecule has 1 aliphatic carbocycles. The van der Waals surface area contributed by atoms with Crippen LogP contribution < -0.4 is 16.0 Å². The van der Waals surface area contributed by atoms with Gasteiger partial charge in [-0.3, -0.25) is 14.5 Å². The minimum absolute atomic E-state index is 0.00284. The summed E-state index contributed by atoms with van der Waals surface area (Å²) in [5.74, 6) is -0.882. The summed E-state index contributed by atoms with van der Waals surface area (Å²) >= 11 is 2.43. The molecule has 0 radical (unpaired) electrons. The molecular formula is C26H21FN6O2S2. The van der Waals surface area contributed by atoms with Crippen molar-refractivity contribution in [3.63, 3.8) is 0 Å². The van der Waals surface area contributed by atoms with Crippen LogP contribution in [0.4, 0.5) is 15.2 Å². The summed E-state index contributed by atoms with van der Waals surface area (Å²) in [4.78, 5) is 27.1. The molecule has 1 aliphatic heterocycles. The molecule has 2 aromatic carbocycles. The first-order valence-corrected chi connectivity index (χ1v) is 13.3. The summed E-state index contributed by atoms with van der Waals surface area (Å²) in [6, 6.07) is 17.2. The fraction of sp³-hybridized carbons (Fsp3) is 0.192. The maximum absolute atomic E-state index is 13.1. The van der Waals surface area contributed by atoms with Crippen LogP contribution in [0, 0.1) is 17.1 Å². The van der Waals surface area contributed by atoms with Crippen LogP contribution in [-0.4, -0.2) is 27.6 Å². The van der Waals surface area contributed by atoms with Gasteiger partial charge >= 0.3 is 0 Å². The number of Topliss-reactive ketones (excluding diaryl/α,β-unsaturated/α-hetero) is 1. The van der Waals surface area contributed by atoms with Gasteiger partial charge in [-0.2, -0.15) is 5.26 Å². The molecule has 11 heteroatoms. The number of carbonyl (C=O) groups is 2. The highest BCUT2D eigenvalue weighted by molar-refractivity contribution is 8.01. The van der Waals surface area contributed by atoms with Crippen LogP contribution >= 0.6 is 23.1 Å². The van der Waals surface area contributed by atoms with Gasteiger partial charge in [-0.15, -0.1) is 10.2 Å². The second-order valence-corrected chi connectivity index (χ2v) is 10.6. The van der Waals surface area contributed by atoms with Crippen molar-refractivity contribution in [2.75, 3.05) is 16.0 Å². The number of rotatable bonds is 6. The average molecular weight is 533 g/mol. The van der Waals surface area contributed by atoms with Gasteiger partial charge in [0.05, 0.1) is 23.3 Å². The van der Waals surface area contributed by atoms with Gasteiger partial charge in [-0.05, 0) is 42.7 Å². The molecular weight excluding hydrogens is 511 g/mol. The zero-order valence-corrected chi connectivity index (χ0v) is 21.1. The second kappa shape index (κ2) is 10.5. The summed E-state index contributed by atoms with van der Waals surface area (Å²) in [5.41, 5.74) is 9.50. The lowest BCUT2D eigenvalue weighted by molar-refractivity contribution is -0.116. The fourth-order valence-corrected chi connectivity index (χ4v) is 6.17. The first kappa shape index (κ1) is 24.7. The number of amides is 1. The van der Waals surface area contributed by atoms with Crippen molar-refractivity contribution >= 4 is 45.6 Å². The molecule has 0 saturated carbocycles. The zero-order valence-electron chi connectivity index (χ0n) is 19.5. The van der Waals surface area contributed by atoms with E-state index in [1.807, 2.05) is 30.3 Å². The zero-order chi connectivity index (χ0) is 25.9. The highest BCUT2D eigenvalue weighted by atomic mass is 32.2. The maximum Gasteiger partial charge on any atom is 0.234 e. The van der Waals surface area contributed by atoms with Gasteiger partial charge in [0.25, 0.3) is 0 Å². The highest BCUT2D eigenvalue weighted by Gasteiger charge is 2.41. The van der Waals surface area contributed by atoms with Crippen LogP contribution in [0.2, 0.25) is 0 Å². The summed E-state index contributed by atoms with van der Waals surface area (Å²) in [6.07, 6.45) is 1.70. The number of anilines is 2. The number of halogens is 1. The molecule has 186 valence electrons. The van der Waals surface area contributed by atoms with Crippen molar-refractivity contribution in [1.29, 1.82) is 5.26 Å². The van der Waals surface area contributed by atoms with E-state index in [0.717, 1.165) is 11.3 Å². The molecule has 1 aromatic heterocycles. The number of ketones is 1. The molecule has 8 nitrogen and oxygen atoms in total. The molecule has 1 atom stereocenters. The minimum Gasteiger partial charge on any atom is -0.384 e. The number of nitrogens with zero attached hydrogens (tertiary/aromatic N) is 4. The number of aromatic nitrogens is 2. The van der Waals surface area contributed by atoms with E-state index in [-0.39, 0.29) is 29.1 Å². The van der Waals surface area contributed by atoms with Crippen LogP contribution in [0.5, 0.6) is 0 Å². The number of nitrogens with two attached hydrogens (primary N) is 1. The SMILES string of the molecule is N#CC1=C(N)N(c2nnc(SCC(=O)Nc3ccc(F)cc3)s2)C2=C(C(=O)CCC2)C1c1ccccc1. The molecule has 5 rings (SSSR count). The predicted octanol–water partition coefficient (Wildman–Crippen LogP) is 4.71. The Kier molecular flexibility index (Phi) is 7.03. The Morgan fingerprint density at radius 3 is 2.68 bits per heavy atom. The first-order chi connectivity index (χ1) is 18.0. The number of carbonyl (C=O) groups excluding carboxylic acids is 2. The molecule has 1 unspecified atom stereocenters. The quantitative estimate of drug-likeness (QED) is 0.437. The van der Waals surface area contributed by atoms with Crippen LogP contribution in [-0.2, 0) is 9.59 Å². The topological polar surface area (TPSA) is 125 Å². The Morgan fingerprint density at radius 1 is 1.19 bits per heavy atom. The van der Waals surface area contributed by atoms with Gasteiger partial charge in [0.2, 0.25) is 11.0 Å². The van der Waals surface area contributed by atoms with E-state index in [4.69, 9.17) is 5.73 Å². The Balaban J connectivity index is 1.40. The minimum atomic E-state index is -0.526. The lowest BCUT2D eigenvalue weighted by Gasteiger charge is -2.38. The van der Waals surface area contributed by atoms with Crippen molar-refractivity contribution in [2.24, 2.45) is 5.73 Å². The van der Waals surface area contributed by atoms with Crippen LogP contribution in [0.15, 0.2) is 81.6 Å². The molecule has 0 fully saturated rings. The predicted molar refractivity (Wildman–Crippen MR) is 140 cm³/mol. The molecule has 3 N–H and O–H groups in total. The molecule has 0 bridgehead atoms. The lowest BCUT2D eigenvalue weighted by Crippen LogP contribution is -2.38. The van der Waals surface area contributed by atoms with Crippen molar-refractivity contribution in [1.82, 2.24) is 10.2 Å². The van der Waals surface area contributed by atoms with Gasteiger partial charge in [-0.1, -0.05) is 53.4 Å². The number of nitriles is 1. The standard InChI is InChI=1S/C26H21FN6O2S2/c27-16-9-11-17(12-10-16)30-21(35)14-36-26-32-31-25(37-26)33-19-7-4-8-20(34)23(19)22(18(13-28)24(33)29)15-5-2-1-3-6-15/h1-3,5-6,9-12,22H,4,7-8,14,29H2,(H,30,35). The van der Waals surface area contributed by atoms with Crippen LogP contribution in [0.1, 0.15) is 30.7 Å². The van der Waals surface area contributed by atoms with E-state index in [9.17, 15) is 19.2 Å². The number of benzene rings is 2. The third-order valence-electron chi connectivity index (χ3n) is 6.09. The largest absolute Gasteiger partial charge is 0.384 e. The van der Waals surface area contributed by atoms with E-state index in [1.165, 1.54) is 47.4 Å². The van der Waals surface area contributed by atoms with Crippen molar-refractivity contribution in [3.05, 3.63) is 88.6 Å². The van der Waals surface area contributed by atoms with E-state index < -0.39 is 5.92 Å². The molecule has 3 aromatic rings. The summed E-state index contributed by atoms with van der Waals surface area (Å²) in [6.45, 7) is 0. The van der Waals surface area contributed by atoms with Crippen molar-refractivity contribution < 1.29 is 14.0 Å². The van der Waals surface area contributed by atoms with E-state index in [2.05, 4.69) is 21.6 Å². The molecule has 0 saturated heterocycles. The number of allylic oxidation sites excluding steroid dienone is 3. The first-order valence-electron chi connectivity index (χ1n) is 11.5. The third-order valence-corrected chi connectivity index (χ3v) is 8.13. The maximum atomic E-state index is 13.1. The average Bonchev–Trinajstić information content (AvgIpc) is 3.37. The smallest absolute Gasteiger partial charge is 0.234 e. The summed E-state index contributed by atoms with van der Waals surface area (Å²) in [5, 5.41) is 21.7. The van der Waals surface area contributed by atoms with E-state index >= 15 is 0 Å². The Hall–Kier alpha value is -4.01. The molecule has 2 aliphatic rings. The van der Waals surface area contributed by atoms with Gasteiger partial charge in [0.1, 0.15) is 11.6 Å². The van der Waals surface area contributed by atoms with Gasteiger partial charge in [0.15, 0.2) is 10.1 Å². The monoisotopic (exact) mass is 532 g/mol. The highest BCUT2D eigenvalue weighted by Crippen LogP contribution is 2.47. The number of thioether (sulfide) groups is 1. The van der Waals surface area contributed by atoms with Crippen molar-refractivity contribution in [2.45, 2.75) is 29.5 Å². The van der Waals surface area contributed by atoms with Gasteiger partial charge in [0, 0.05) is 23.4 Å². The van der Waals surface area contributed by atoms with Crippen LogP contribution in [0.3, 0.4) is 0 Å². The lowest BCUT2D eigenvalue weighted by atomic mass is 9.76. The molecule has 1 amide bonds. The summed E-state index contributed by atoms with van der Waals surface area (Å²) < 4.78 is 13.6. The second-order valence-electron chi connectivity index (χ2n) is 8.42. The van der Waals surface area contributed by atoms with Crippen molar-refractivity contribution in [3.8, 4) is 6.07 Å². The number of nitrogens with one attached hydrogen (secondary N) is 1. The summed E-state index contributed by atoms with van der Waals surface area (Å²) in [7, 11) is 0. The molecule has 2 heterocycles.